The Hall–Kier alpha value is -2.01. The molecule has 0 radical (unpaired) electrons. The van der Waals surface area contributed by atoms with Crippen molar-refractivity contribution in [3.8, 4) is 5.75 Å². The summed E-state index contributed by atoms with van der Waals surface area (Å²) in [4.78, 5) is 12.2. The summed E-state index contributed by atoms with van der Waals surface area (Å²) in [6.45, 7) is -0.322. The van der Waals surface area contributed by atoms with Crippen molar-refractivity contribution >= 4 is 5.91 Å². The molecular weight excluding hydrogens is 382 g/mol. The zero-order valence-electron chi connectivity index (χ0n) is 14.3. The highest BCUT2D eigenvalue weighted by Gasteiger charge is 2.76. The van der Waals surface area contributed by atoms with Crippen LogP contribution in [0.3, 0.4) is 0 Å². The summed E-state index contributed by atoms with van der Waals surface area (Å²) in [6, 6.07) is 4.83. The van der Waals surface area contributed by atoms with E-state index in [1.165, 1.54) is 19.2 Å². The number of amides is 1. The topological polar surface area (TPSA) is 64.2 Å². The number of ether oxygens (including phenoxy) is 2. The minimum Gasteiger partial charge on any atom is -0.497 e. The molecule has 1 heterocycles. The van der Waals surface area contributed by atoms with Crippen molar-refractivity contribution in [2.45, 2.75) is 37.0 Å². The molecule has 3 N–H and O–H groups in total. The average molecular weight is 401 g/mol. The SMILES string of the molecule is COc1cccc(C(=O)NC([NH2+]C[C@H]2CCCO2)(C(F)(F)F)C(F)(F)F)c1. The quantitative estimate of drug-likeness (QED) is 0.566. The van der Waals surface area contributed by atoms with E-state index in [9.17, 15) is 31.1 Å². The van der Waals surface area contributed by atoms with Crippen molar-refractivity contribution in [1.82, 2.24) is 5.32 Å². The van der Waals surface area contributed by atoms with E-state index in [0.717, 1.165) is 17.4 Å². The molecule has 2 rings (SSSR count). The number of halogens is 6. The molecule has 0 unspecified atom stereocenters. The van der Waals surface area contributed by atoms with Crippen LogP contribution in [0, 0.1) is 0 Å². The largest absolute Gasteiger partial charge is 0.497 e. The van der Waals surface area contributed by atoms with Crippen LogP contribution in [0.1, 0.15) is 23.2 Å². The standard InChI is InChI=1S/C16H18F6N2O3/c1-26-11-5-2-4-10(8-11)13(25)24-14(15(17,18)19,16(20,21)22)23-9-12-6-3-7-27-12/h2,4-5,8,12,23H,3,6-7,9H2,1H3,(H,24,25)/p+1/t12-/m1/s1. The molecule has 11 heteroatoms. The van der Waals surface area contributed by atoms with E-state index >= 15 is 0 Å². The van der Waals surface area contributed by atoms with Crippen molar-refractivity contribution in [2.75, 3.05) is 20.3 Å². The highest BCUT2D eigenvalue weighted by atomic mass is 19.4. The lowest BCUT2D eigenvalue weighted by atomic mass is 10.1. The number of nitrogens with two attached hydrogens (primary N) is 1. The van der Waals surface area contributed by atoms with Gasteiger partial charge in [0, 0.05) is 12.2 Å². The molecule has 0 saturated carbocycles. The average Bonchev–Trinajstić information content (AvgIpc) is 3.09. The van der Waals surface area contributed by atoms with E-state index in [4.69, 9.17) is 9.47 Å². The number of carbonyl (C=O) groups is 1. The van der Waals surface area contributed by atoms with Gasteiger partial charge in [-0.25, -0.2) is 0 Å². The van der Waals surface area contributed by atoms with Crippen LogP contribution in [0.25, 0.3) is 0 Å². The number of quaternary nitrogens is 1. The Morgan fingerprint density at radius 1 is 1.26 bits per heavy atom. The molecule has 0 aromatic heterocycles. The van der Waals surface area contributed by atoms with Crippen LogP contribution >= 0.6 is 0 Å². The van der Waals surface area contributed by atoms with E-state index in [0.29, 0.717) is 12.8 Å². The number of carbonyl (C=O) groups excluding carboxylic acids is 1. The smallest absolute Gasteiger partial charge is 0.475 e. The maximum atomic E-state index is 13.5. The van der Waals surface area contributed by atoms with Gasteiger partial charge in [-0.2, -0.15) is 26.3 Å². The Bertz CT molecular complexity index is 642. The Kier molecular flexibility index (Phi) is 6.25. The highest BCUT2D eigenvalue weighted by molar-refractivity contribution is 5.95. The molecule has 1 aliphatic heterocycles. The summed E-state index contributed by atoms with van der Waals surface area (Å²) in [6.07, 6.45) is -11.4. The lowest BCUT2D eigenvalue weighted by Gasteiger charge is -2.35. The zero-order valence-corrected chi connectivity index (χ0v) is 14.3. The second-order valence-electron chi connectivity index (χ2n) is 6.06. The van der Waals surface area contributed by atoms with Crippen LogP contribution < -0.4 is 15.4 Å². The van der Waals surface area contributed by atoms with Crippen LogP contribution in [0.4, 0.5) is 26.3 Å². The third kappa shape index (κ3) is 4.64. The van der Waals surface area contributed by atoms with E-state index in [1.807, 2.05) is 0 Å². The van der Waals surface area contributed by atoms with Gasteiger partial charge in [-0.1, -0.05) is 6.07 Å². The fourth-order valence-electron chi connectivity index (χ4n) is 2.74. The van der Waals surface area contributed by atoms with Gasteiger partial charge in [0.1, 0.15) is 18.4 Å². The van der Waals surface area contributed by atoms with Crippen LogP contribution in [-0.4, -0.2) is 50.3 Å². The second-order valence-corrected chi connectivity index (χ2v) is 6.06. The minimum atomic E-state index is -5.79. The molecule has 1 aromatic carbocycles. The van der Waals surface area contributed by atoms with Gasteiger partial charge >= 0.3 is 18.0 Å². The van der Waals surface area contributed by atoms with Crippen molar-refractivity contribution in [1.29, 1.82) is 0 Å². The highest BCUT2D eigenvalue weighted by Crippen LogP contribution is 2.38. The molecule has 0 aliphatic carbocycles. The predicted molar refractivity (Wildman–Crippen MR) is 81.1 cm³/mol. The van der Waals surface area contributed by atoms with E-state index in [-0.39, 0.29) is 17.7 Å². The number of alkyl halides is 6. The number of methoxy groups -OCH3 is 1. The molecule has 1 fully saturated rings. The first-order chi connectivity index (χ1) is 12.5. The van der Waals surface area contributed by atoms with E-state index in [1.54, 1.807) is 0 Å². The molecule has 152 valence electrons. The zero-order chi connectivity index (χ0) is 20.3. The van der Waals surface area contributed by atoms with Crippen molar-refractivity contribution < 1.29 is 45.9 Å². The third-order valence-corrected chi connectivity index (χ3v) is 4.25. The van der Waals surface area contributed by atoms with Gasteiger partial charge in [0.25, 0.3) is 5.91 Å². The summed E-state index contributed by atoms with van der Waals surface area (Å²) >= 11 is 0. The normalized spacial score (nSPS) is 18.4. The summed E-state index contributed by atoms with van der Waals surface area (Å²) in [5.74, 6) is -1.40. The number of hydrogen-bond acceptors (Lipinski definition) is 3. The van der Waals surface area contributed by atoms with Gasteiger partial charge in [0.2, 0.25) is 0 Å². The predicted octanol–water partition coefficient (Wildman–Crippen LogP) is 1.99. The minimum absolute atomic E-state index is 0.0427. The fourth-order valence-corrected chi connectivity index (χ4v) is 2.74. The van der Waals surface area contributed by atoms with Crippen LogP contribution in [-0.2, 0) is 4.74 Å². The molecule has 1 amide bonds. The Labute approximate surface area is 151 Å². The molecule has 1 saturated heterocycles. The lowest BCUT2D eigenvalue weighted by Crippen LogP contribution is -3.09. The molecule has 0 bridgehead atoms. The molecule has 1 aliphatic rings. The molecule has 1 atom stereocenters. The third-order valence-electron chi connectivity index (χ3n) is 4.25. The second kappa shape index (κ2) is 7.93. The number of benzene rings is 1. The van der Waals surface area contributed by atoms with Crippen molar-refractivity contribution in [2.24, 2.45) is 0 Å². The maximum Gasteiger partial charge on any atom is 0.475 e. The van der Waals surface area contributed by atoms with Crippen LogP contribution in [0.15, 0.2) is 24.3 Å². The summed E-state index contributed by atoms with van der Waals surface area (Å²) < 4.78 is 91.1. The molecule has 1 aromatic rings. The first-order valence-electron chi connectivity index (χ1n) is 8.06. The van der Waals surface area contributed by atoms with Gasteiger partial charge < -0.3 is 14.8 Å². The van der Waals surface area contributed by atoms with Gasteiger partial charge in [-0.05, 0) is 31.0 Å². The van der Waals surface area contributed by atoms with Gasteiger partial charge in [0.15, 0.2) is 0 Å². The van der Waals surface area contributed by atoms with E-state index < -0.39 is 42.1 Å². The lowest BCUT2D eigenvalue weighted by molar-refractivity contribution is -0.787. The Morgan fingerprint density at radius 2 is 1.93 bits per heavy atom. The van der Waals surface area contributed by atoms with Crippen molar-refractivity contribution in [3.63, 3.8) is 0 Å². The van der Waals surface area contributed by atoms with Gasteiger partial charge in [0.05, 0.1) is 7.11 Å². The van der Waals surface area contributed by atoms with E-state index in [2.05, 4.69) is 0 Å². The van der Waals surface area contributed by atoms with Crippen LogP contribution in [0.2, 0.25) is 0 Å². The summed E-state index contributed by atoms with van der Waals surface area (Å²) in [7, 11) is 1.25. The summed E-state index contributed by atoms with van der Waals surface area (Å²) in [5.41, 5.74) is -4.88. The van der Waals surface area contributed by atoms with Crippen molar-refractivity contribution in [3.05, 3.63) is 29.8 Å². The fraction of sp³-hybridized carbons (Fsp3) is 0.562. The van der Waals surface area contributed by atoms with Gasteiger partial charge in [-0.3, -0.25) is 10.1 Å². The molecule has 27 heavy (non-hydrogen) atoms. The monoisotopic (exact) mass is 401 g/mol. The molecular formula is C16H19F6N2O3+. The Morgan fingerprint density at radius 3 is 2.44 bits per heavy atom. The van der Waals surface area contributed by atoms with Crippen LogP contribution in [0.5, 0.6) is 5.75 Å². The Balaban J connectivity index is 2.33. The van der Waals surface area contributed by atoms with Gasteiger partial charge in [-0.15, -0.1) is 0 Å². The summed E-state index contributed by atoms with van der Waals surface area (Å²) in [5, 5.41) is 1.19. The number of nitrogens with one attached hydrogen (secondary N) is 1. The maximum absolute atomic E-state index is 13.5. The first kappa shape index (κ1) is 21.3. The number of hydrogen-bond donors (Lipinski definition) is 2. The molecule has 5 nitrogen and oxygen atoms in total. The molecule has 0 spiro atoms. The first-order valence-corrected chi connectivity index (χ1v) is 8.06. The number of rotatable bonds is 6.